The number of nitrogens with one attached hydrogen (secondary N) is 1. The quantitative estimate of drug-likeness (QED) is 0.480. The number of rotatable bonds is 9. The summed E-state index contributed by atoms with van der Waals surface area (Å²) in [7, 11) is -3.80. The fourth-order valence-electron chi connectivity index (χ4n) is 4.58. The molecule has 2 amide bonds. The number of nitrogens with zero attached hydrogens (tertiary/aromatic N) is 2. The van der Waals surface area contributed by atoms with Crippen molar-refractivity contribution in [1.29, 1.82) is 0 Å². The molecule has 10 heteroatoms. The second-order valence-electron chi connectivity index (χ2n) is 9.43. The monoisotopic (exact) mass is 553 g/mol. The Balaban J connectivity index is 1.95. The summed E-state index contributed by atoms with van der Waals surface area (Å²) in [5, 5.41) is 3.85. The van der Waals surface area contributed by atoms with E-state index < -0.39 is 28.5 Å². The van der Waals surface area contributed by atoms with Crippen molar-refractivity contribution in [3.8, 4) is 0 Å². The van der Waals surface area contributed by atoms with Crippen LogP contribution in [0.5, 0.6) is 0 Å². The number of sulfonamides is 1. The van der Waals surface area contributed by atoms with Crippen LogP contribution >= 0.6 is 23.2 Å². The molecule has 1 fully saturated rings. The molecule has 1 saturated carbocycles. The van der Waals surface area contributed by atoms with Crippen molar-refractivity contribution in [3.05, 3.63) is 63.1 Å². The normalized spacial score (nSPS) is 14.9. The van der Waals surface area contributed by atoms with Crippen LogP contribution in [-0.2, 0) is 26.2 Å². The number of hydrogen-bond acceptors (Lipinski definition) is 4. The zero-order valence-corrected chi connectivity index (χ0v) is 23.4. The fourth-order valence-corrected chi connectivity index (χ4v) is 6.02. The van der Waals surface area contributed by atoms with Crippen molar-refractivity contribution in [2.75, 3.05) is 17.1 Å². The van der Waals surface area contributed by atoms with Gasteiger partial charge in [0.1, 0.15) is 12.6 Å². The van der Waals surface area contributed by atoms with E-state index in [1.807, 2.05) is 6.07 Å². The molecule has 0 bridgehead atoms. The first-order valence-corrected chi connectivity index (χ1v) is 14.6. The topological polar surface area (TPSA) is 86.8 Å². The SMILES string of the molecule is Cc1cccc(C)c1N(CC(=O)N(Cc1ccc(Cl)cc1Cl)[C@@H](C)C(=O)NC1CCCC1)S(C)(=O)=O. The third-order valence-corrected chi connectivity index (χ3v) is 8.29. The summed E-state index contributed by atoms with van der Waals surface area (Å²) in [5.41, 5.74) is 2.52. The molecule has 2 aromatic carbocycles. The maximum atomic E-state index is 13.7. The van der Waals surface area contributed by atoms with E-state index in [4.69, 9.17) is 23.2 Å². The van der Waals surface area contributed by atoms with E-state index in [1.54, 1.807) is 51.1 Å². The number of anilines is 1. The van der Waals surface area contributed by atoms with Gasteiger partial charge in [0.25, 0.3) is 0 Å². The van der Waals surface area contributed by atoms with Gasteiger partial charge in [-0.05, 0) is 62.4 Å². The van der Waals surface area contributed by atoms with Gasteiger partial charge < -0.3 is 10.2 Å². The average Bonchev–Trinajstić information content (AvgIpc) is 3.29. The van der Waals surface area contributed by atoms with Crippen LogP contribution in [-0.4, -0.2) is 50.0 Å². The molecule has 0 aromatic heterocycles. The molecule has 0 aliphatic heterocycles. The molecule has 1 atom stereocenters. The first kappa shape index (κ1) is 28.3. The third-order valence-electron chi connectivity index (χ3n) is 6.59. The number of amides is 2. The Bertz CT molecular complexity index is 1210. The van der Waals surface area contributed by atoms with Crippen molar-refractivity contribution >= 4 is 50.7 Å². The van der Waals surface area contributed by atoms with Crippen LogP contribution < -0.4 is 9.62 Å². The Morgan fingerprint density at radius 1 is 1.08 bits per heavy atom. The highest BCUT2D eigenvalue weighted by Crippen LogP contribution is 2.28. The average molecular weight is 555 g/mol. The Morgan fingerprint density at radius 2 is 1.69 bits per heavy atom. The minimum Gasteiger partial charge on any atom is -0.352 e. The zero-order valence-electron chi connectivity index (χ0n) is 21.1. The minimum absolute atomic E-state index is 0.0262. The van der Waals surface area contributed by atoms with Gasteiger partial charge in [0.05, 0.1) is 11.9 Å². The number of halogens is 2. The Hall–Kier alpha value is -2.29. The Morgan fingerprint density at radius 3 is 2.25 bits per heavy atom. The van der Waals surface area contributed by atoms with E-state index in [1.165, 1.54) is 4.90 Å². The van der Waals surface area contributed by atoms with Gasteiger partial charge >= 0.3 is 0 Å². The van der Waals surface area contributed by atoms with Gasteiger partial charge in [0.2, 0.25) is 21.8 Å². The van der Waals surface area contributed by atoms with Crippen molar-refractivity contribution in [3.63, 3.8) is 0 Å². The molecule has 1 N–H and O–H groups in total. The lowest BCUT2D eigenvalue weighted by atomic mass is 10.1. The van der Waals surface area contributed by atoms with E-state index in [-0.39, 0.29) is 18.5 Å². The van der Waals surface area contributed by atoms with Crippen molar-refractivity contribution < 1.29 is 18.0 Å². The van der Waals surface area contributed by atoms with Crippen molar-refractivity contribution in [2.24, 2.45) is 0 Å². The minimum atomic E-state index is -3.80. The molecule has 36 heavy (non-hydrogen) atoms. The van der Waals surface area contributed by atoms with Gasteiger partial charge in [0, 0.05) is 22.6 Å². The molecule has 3 rings (SSSR count). The molecule has 2 aromatic rings. The van der Waals surface area contributed by atoms with Crippen LogP contribution in [0.1, 0.15) is 49.3 Å². The molecule has 7 nitrogen and oxygen atoms in total. The predicted molar refractivity (Wildman–Crippen MR) is 145 cm³/mol. The molecule has 1 aliphatic rings. The van der Waals surface area contributed by atoms with Gasteiger partial charge in [-0.2, -0.15) is 0 Å². The van der Waals surface area contributed by atoms with Crippen LogP contribution in [0, 0.1) is 13.8 Å². The highest BCUT2D eigenvalue weighted by atomic mass is 35.5. The number of aryl methyl sites for hydroxylation is 2. The number of benzene rings is 2. The molecule has 0 heterocycles. The molecule has 0 radical (unpaired) electrons. The van der Waals surface area contributed by atoms with Crippen LogP contribution in [0.25, 0.3) is 0 Å². The van der Waals surface area contributed by atoms with E-state index in [9.17, 15) is 18.0 Å². The maximum Gasteiger partial charge on any atom is 0.244 e. The first-order chi connectivity index (χ1) is 16.9. The van der Waals surface area contributed by atoms with Crippen LogP contribution in [0.4, 0.5) is 5.69 Å². The molecular formula is C26H33Cl2N3O4S. The summed E-state index contributed by atoms with van der Waals surface area (Å²) in [5.74, 6) is -0.790. The highest BCUT2D eigenvalue weighted by Gasteiger charge is 2.32. The second kappa shape index (κ2) is 11.8. The predicted octanol–water partition coefficient (Wildman–Crippen LogP) is 4.85. The highest BCUT2D eigenvalue weighted by molar-refractivity contribution is 7.92. The van der Waals surface area contributed by atoms with Crippen molar-refractivity contribution in [1.82, 2.24) is 10.2 Å². The number of hydrogen-bond donors (Lipinski definition) is 1. The van der Waals surface area contributed by atoms with Crippen LogP contribution in [0.2, 0.25) is 10.0 Å². The largest absolute Gasteiger partial charge is 0.352 e. The van der Waals surface area contributed by atoms with Crippen molar-refractivity contribution in [2.45, 2.75) is 65.1 Å². The second-order valence-corrected chi connectivity index (χ2v) is 12.2. The number of para-hydroxylation sites is 1. The smallest absolute Gasteiger partial charge is 0.244 e. The molecule has 0 unspecified atom stereocenters. The van der Waals surface area contributed by atoms with Gasteiger partial charge in [-0.1, -0.05) is 60.3 Å². The molecule has 0 spiro atoms. The standard InChI is InChI=1S/C26H33Cl2N3O4S/c1-17-8-7-9-18(2)25(17)31(36(4,34)35)16-24(32)30(15-20-12-13-21(27)14-23(20)28)19(3)26(33)29-22-10-5-6-11-22/h7-9,12-14,19,22H,5-6,10-11,15-16H2,1-4H3,(H,29,33)/t19-/m0/s1. The van der Waals surface area contributed by atoms with E-state index >= 15 is 0 Å². The summed E-state index contributed by atoms with van der Waals surface area (Å²) < 4.78 is 26.7. The van der Waals surface area contributed by atoms with Crippen LogP contribution in [0.15, 0.2) is 36.4 Å². The summed E-state index contributed by atoms with van der Waals surface area (Å²) in [6.07, 6.45) is 5.00. The Labute approximate surface area is 223 Å². The third kappa shape index (κ3) is 6.93. The first-order valence-electron chi connectivity index (χ1n) is 12.0. The van der Waals surface area contributed by atoms with E-state index in [2.05, 4.69) is 5.32 Å². The van der Waals surface area contributed by atoms with Gasteiger partial charge in [-0.25, -0.2) is 8.42 Å². The fraction of sp³-hybridized carbons (Fsp3) is 0.462. The summed E-state index contributed by atoms with van der Waals surface area (Å²) in [6, 6.07) is 9.61. The summed E-state index contributed by atoms with van der Waals surface area (Å²) in [6.45, 7) is 4.83. The number of carbonyl (C=O) groups excluding carboxylic acids is 2. The zero-order chi connectivity index (χ0) is 26.6. The Kier molecular flexibility index (Phi) is 9.30. The molecule has 0 saturated heterocycles. The number of carbonyl (C=O) groups is 2. The van der Waals surface area contributed by atoms with E-state index in [0.29, 0.717) is 21.3 Å². The molecule has 1 aliphatic carbocycles. The van der Waals surface area contributed by atoms with Gasteiger partial charge in [-0.3, -0.25) is 13.9 Å². The van der Waals surface area contributed by atoms with Gasteiger partial charge in [-0.15, -0.1) is 0 Å². The summed E-state index contributed by atoms with van der Waals surface area (Å²) in [4.78, 5) is 28.3. The molecule has 196 valence electrons. The lowest BCUT2D eigenvalue weighted by Crippen LogP contribution is -2.52. The lowest BCUT2D eigenvalue weighted by Gasteiger charge is -2.33. The summed E-state index contributed by atoms with van der Waals surface area (Å²) >= 11 is 12.4. The molecular weight excluding hydrogens is 521 g/mol. The van der Waals surface area contributed by atoms with Crippen LogP contribution in [0.3, 0.4) is 0 Å². The maximum absolute atomic E-state index is 13.7. The lowest BCUT2D eigenvalue weighted by molar-refractivity contribution is -0.139. The van der Waals surface area contributed by atoms with E-state index in [0.717, 1.165) is 47.4 Å². The van der Waals surface area contributed by atoms with Gasteiger partial charge in [0.15, 0.2) is 0 Å².